The summed E-state index contributed by atoms with van der Waals surface area (Å²) in [6.07, 6.45) is -4.32. The van der Waals surface area contributed by atoms with Crippen molar-refractivity contribution in [3.05, 3.63) is 52.0 Å². The molecule has 24 heavy (non-hydrogen) atoms. The van der Waals surface area contributed by atoms with Crippen LogP contribution < -0.4 is 5.32 Å². The van der Waals surface area contributed by atoms with E-state index in [4.69, 9.17) is 0 Å². The number of aromatic nitrogens is 1. The first kappa shape index (κ1) is 18.4. The molecule has 0 radical (unpaired) electrons. The lowest BCUT2D eigenvalue weighted by atomic mass is 9.94. The van der Waals surface area contributed by atoms with Crippen molar-refractivity contribution in [2.45, 2.75) is 44.8 Å². The number of carbonyl (C=O) groups is 1. The Hall–Kier alpha value is -1.89. The van der Waals surface area contributed by atoms with E-state index in [2.05, 4.69) is 10.3 Å². The number of nitrogens with one attached hydrogen (secondary N) is 1. The largest absolute Gasteiger partial charge is 0.396 e. The Balaban J connectivity index is 2.05. The van der Waals surface area contributed by atoms with Gasteiger partial charge in [-0.1, -0.05) is 37.3 Å². The predicted octanol–water partition coefficient (Wildman–Crippen LogP) is 4.62. The van der Waals surface area contributed by atoms with Gasteiger partial charge in [0.2, 0.25) is 5.91 Å². The Morgan fingerprint density at radius 2 is 1.96 bits per heavy atom. The molecule has 1 heterocycles. The summed E-state index contributed by atoms with van der Waals surface area (Å²) < 4.78 is 39.9. The number of benzene rings is 1. The van der Waals surface area contributed by atoms with Crippen molar-refractivity contribution in [3.8, 4) is 0 Å². The zero-order chi connectivity index (χ0) is 17.7. The van der Waals surface area contributed by atoms with E-state index in [0.717, 1.165) is 11.4 Å². The van der Waals surface area contributed by atoms with Gasteiger partial charge >= 0.3 is 6.18 Å². The minimum atomic E-state index is -4.47. The number of rotatable bonds is 6. The van der Waals surface area contributed by atoms with Crippen LogP contribution in [-0.4, -0.2) is 17.1 Å². The zero-order valence-corrected chi connectivity index (χ0v) is 14.2. The van der Waals surface area contributed by atoms with Gasteiger partial charge in [-0.25, -0.2) is 4.98 Å². The first-order chi connectivity index (χ1) is 11.3. The minimum Gasteiger partial charge on any atom is -0.348 e. The van der Waals surface area contributed by atoms with Gasteiger partial charge < -0.3 is 5.32 Å². The standard InChI is InChI=1S/C17H19F3N2OS/c1-3-16-22-14(10-24-16)11(2)21-15(23)9-13(17(18,19)20)12-7-5-4-6-8-12/h4-8,10-11,13H,3,9H2,1-2H3,(H,21,23). The Kier molecular flexibility index (Phi) is 5.99. The van der Waals surface area contributed by atoms with Crippen molar-refractivity contribution in [1.82, 2.24) is 10.3 Å². The summed E-state index contributed by atoms with van der Waals surface area (Å²) in [5, 5.41) is 5.37. The summed E-state index contributed by atoms with van der Waals surface area (Å²) in [6.45, 7) is 3.69. The summed E-state index contributed by atoms with van der Waals surface area (Å²) in [7, 11) is 0. The number of nitrogens with zero attached hydrogens (tertiary/aromatic N) is 1. The number of carbonyl (C=O) groups excluding carboxylic acids is 1. The van der Waals surface area contributed by atoms with E-state index in [-0.39, 0.29) is 5.56 Å². The van der Waals surface area contributed by atoms with Crippen molar-refractivity contribution in [2.24, 2.45) is 0 Å². The van der Waals surface area contributed by atoms with Gasteiger partial charge in [-0.2, -0.15) is 13.2 Å². The highest BCUT2D eigenvalue weighted by Gasteiger charge is 2.41. The SMILES string of the molecule is CCc1nc(C(C)NC(=O)CC(c2ccccc2)C(F)(F)F)cs1. The monoisotopic (exact) mass is 356 g/mol. The maximum absolute atomic E-state index is 13.3. The second kappa shape index (κ2) is 7.79. The molecule has 1 amide bonds. The molecule has 0 spiro atoms. The van der Waals surface area contributed by atoms with Crippen LogP contribution in [0.3, 0.4) is 0 Å². The summed E-state index contributed by atoms with van der Waals surface area (Å²) in [4.78, 5) is 16.4. The number of hydrogen-bond acceptors (Lipinski definition) is 3. The molecule has 0 saturated carbocycles. The Morgan fingerprint density at radius 1 is 1.29 bits per heavy atom. The second-order valence-electron chi connectivity index (χ2n) is 5.52. The van der Waals surface area contributed by atoms with E-state index < -0.39 is 30.5 Å². The smallest absolute Gasteiger partial charge is 0.348 e. The van der Waals surface area contributed by atoms with Gasteiger partial charge in [0.05, 0.1) is 22.7 Å². The molecule has 0 fully saturated rings. The molecular formula is C17H19F3N2OS. The van der Waals surface area contributed by atoms with E-state index in [1.807, 2.05) is 12.3 Å². The van der Waals surface area contributed by atoms with E-state index in [0.29, 0.717) is 5.69 Å². The lowest BCUT2D eigenvalue weighted by molar-refractivity contribution is -0.157. The number of alkyl halides is 3. The van der Waals surface area contributed by atoms with Gasteiger partial charge in [0, 0.05) is 11.8 Å². The van der Waals surface area contributed by atoms with Gasteiger partial charge in [0.25, 0.3) is 0 Å². The highest BCUT2D eigenvalue weighted by molar-refractivity contribution is 7.09. The first-order valence-electron chi connectivity index (χ1n) is 7.66. The topological polar surface area (TPSA) is 42.0 Å². The van der Waals surface area contributed by atoms with Gasteiger partial charge in [-0.05, 0) is 18.9 Å². The molecule has 7 heteroatoms. The molecule has 1 aromatic carbocycles. The Bertz CT molecular complexity index is 670. The number of aryl methyl sites for hydroxylation is 1. The average molecular weight is 356 g/mol. The molecule has 1 N–H and O–H groups in total. The molecule has 2 unspecified atom stereocenters. The van der Waals surface area contributed by atoms with Crippen LogP contribution in [0.2, 0.25) is 0 Å². The highest BCUT2D eigenvalue weighted by atomic mass is 32.1. The van der Waals surface area contributed by atoms with Crippen LogP contribution in [0.5, 0.6) is 0 Å². The molecular weight excluding hydrogens is 337 g/mol. The van der Waals surface area contributed by atoms with Crippen LogP contribution in [0, 0.1) is 0 Å². The van der Waals surface area contributed by atoms with E-state index in [1.165, 1.54) is 35.6 Å². The molecule has 2 atom stereocenters. The van der Waals surface area contributed by atoms with Crippen LogP contribution in [0.15, 0.2) is 35.7 Å². The Labute approximate surface area is 142 Å². The van der Waals surface area contributed by atoms with Crippen molar-refractivity contribution in [1.29, 1.82) is 0 Å². The normalized spacial score (nSPS) is 14.2. The lowest BCUT2D eigenvalue weighted by Gasteiger charge is -2.21. The third-order valence-electron chi connectivity index (χ3n) is 3.68. The van der Waals surface area contributed by atoms with Gasteiger partial charge in [0.15, 0.2) is 0 Å². The Morgan fingerprint density at radius 3 is 2.50 bits per heavy atom. The van der Waals surface area contributed by atoms with E-state index in [9.17, 15) is 18.0 Å². The minimum absolute atomic E-state index is 0.0923. The zero-order valence-electron chi connectivity index (χ0n) is 13.4. The molecule has 0 bridgehead atoms. The van der Waals surface area contributed by atoms with Crippen molar-refractivity contribution in [2.75, 3.05) is 0 Å². The summed E-state index contributed by atoms with van der Waals surface area (Å²) in [5.74, 6) is -2.45. The molecule has 0 saturated heterocycles. The van der Waals surface area contributed by atoms with Gasteiger partial charge in [0.1, 0.15) is 0 Å². The number of hydrogen-bond donors (Lipinski definition) is 1. The maximum Gasteiger partial charge on any atom is 0.396 e. The molecule has 1 aromatic heterocycles. The molecule has 2 aromatic rings. The predicted molar refractivity (Wildman–Crippen MR) is 87.9 cm³/mol. The molecule has 3 nitrogen and oxygen atoms in total. The number of thiazole rings is 1. The summed E-state index contributed by atoms with van der Waals surface area (Å²) in [6, 6.07) is 7.09. The van der Waals surface area contributed by atoms with Crippen LogP contribution in [0.1, 0.15) is 48.5 Å². The summed E-state index contributed by atoms with van der Waals surface area (Å²) in [5.41, 5.74) is 0.767. The molecule has 0 aliphatic rings. The maximum atomic E-state index is 13.3. The summed E-state index contributed by atoms with van der Waals surface area (Å²) >= 11 is 1.48. The van der Waals surface area contributed by atoms with Gasteiger partial charge in [-0.15, -0.1) is 11.3 Å². The third-order valence-corrected chi connectivity index (χ3v) is 4.69. The van der Waals surface area contributed by atoms with Crippen LogP contribution in [-0.2, 0) is 11.2 Å². The van der Waals surface area contributed by atoms with Crippen molar-refractivity contribution < 1.29 is 18.0 Å². The quantitative estimate of drug-likeness (QED) is 0.821. The second-order valence-corrected chi connectivity index (χ2v) is 6.46. The highest BCUT2D eigenvalue weighted by Crippen LogP contribution is 2.37. The van der Waals surface area contributed by atoms with Crippen LogP contribution >= 0.6 is 11.3 Å². The lowest BCUT2D eigenvalue weighted by Crippen LogP contribution is -2.32. The third kappa shape index (κ3) is 4.80. The fourth-order valence-electron chi connectivity index (χ4n) is 2.35. The van der Waals surface area contributed by atoms with Crippen molar-refractivity contribution in [3.63, 3.8) is 0 Å². The molecule has 0 aliphatic heterocycles. The average Bonchev–Trinajstić information content (AvgIpc) is 3.01. The van der Waals surface area contributed by atoms with E-state index >= 15 is 0 Å². The first-order valence-corrected chi connectivity index (χ1v) is 8.54. The fraction of sp³-hybridized carbons (Fsp3) is 0.412. The van der Waals surface area contributed by atoms with E-state index in [1.54, 1.807) is 13.0 Å². The van der Waals surface area contributed by atoms with Crippen LogP contribution in [0.25, 0.3) is 0 Å². The number of amides is 1. The van der Waals surface area contributed by atoms with Crippen molar-refractivity contribution >= 4 is 17.2 Å². The van der Waals surface area contributed by atoms with Crippen LogP contribution in [0.4, 0.5) is 13.2 Å². The molecule has 0 aliphatic carbocycles. The fourth-order valence-corrected chi connectivity index (χ4v) is 3.19. The molecule has 130 valence electrons. The number of halogens is 3. The molecule has 2 rings (SSSR count). The van der Waals surface area contributed by atoms with Gasteiger partial charge in [-0.3, -0.25) is 4.79 Å².